The Hall–Kier alpha value is -1.69. The predicted molar refractivity (Wildman–Crippen MR) is 65.3 cm³/mol. The third-order valence-corrected chi connectivity index (χ3v) is 2.64. The number of fused-ring (bicyclic) bond motifs is 1. The predicted octanol–water partition coefficient (Wildman–Crippen LogP) is 0.439. The molecule has 92 valence electrons. The topological polar surface area (TPSA) is 75.1 Å². The number of rotatable bonds is 4. The van der Waals surface area contributed by atoms with Crippen LogP contribution in [0.1, 0.15) is 31.3 Å². The molecule has 0 aliphatic carbocycles. The van der Waals surface area contributed by atoms with Gasteiger partial charge in [-0.25, -0.2) is 4.98 Å². The van der Waals surface area contributed by atoms with Crippen LogP contribution < -0.4 is 10.9 Å². The maximum atomic E-state index is 11.7. The fourth-order valence-corrected chi connectivity index (χ4v) is 1.69. The summed E-state index contributed by atoms with van der Waals surface area (Å²) in [4.78, 5) is 20.2. The van der Waals surface area contributed by atoms with Gasteiger partial charge in [-0.2, -0.15) is 9.50 Å². The van der Waals surface area contributed by atoms with Crippen LogP contribution in [0.15, 0.2) is 10.9 Å². The highest BCUT2D eigenvalue weighted by Gasteiger charge is 2.12. The standard InChI is InChI=1S/C11H17N5O/c1-4-12-6-7(2)10-14-11-13-8(3)5-9(17)16(11)15-10/h5,7,12H,4,6H2,1-3H3,(H,13,14,15). The van der Waals surface area contributed by atoms with Gasteiger partial charge < -0.3 is 5.32 Å². The number of aryl methyl sites for hydroxylation is 1. The minimum absolute atomic E-state index is 0.123. The lowest BCUT2D eigenvalue weighted by Crippen LogP contribution is -2.20. The van der Waals surface area contributed by atoms with Crippen molar-refractivity contribution in [3.8, 4) is 0 Å². The van der Waals surface area contributed by atoms with E-state index < -0.39 is 0 Å². The van der Waals surface area contributed by atoms with E-state index in [0.717, 1.165) is 18.9 Å². The molecule has 17 heavy (non-hydrogen) atoms. The van der Waals surface area contributed by atoms with Crippen LogP contribution in [-0.4, -0.2) is 32.7 Å². The van der Waals surface area contributed by atoms with Gasteiger partial charge in [0.15, 0.2) is 0 Å². The Morgan fingerprint density at radius 2 is 2.29 bits per heavy atom. The van der Waals surface area contributed by atoms with Gasteiger partial charge in [0.05, 0.1) is 0 Å². The molecule has 0 radical (unpaired) electrons. The van der Waals surface area contributed by atoms with E-state index >= 15 is 0 Å². The van der Waals surface area contributed by atoms with E-state index in [0.29, 0.717) is 11.5 Å². The smallest absolute Gasteiger partial charge is 0.274 e. The van der Waals surface area contributed by atoms with Crippen molar-refractivity contribution in [1.82, 2.24) is 24.9 Å². The van der Waals surface area contributed by atoms with E-state index in [1.807, 2.05) is 0 Å². The normalized spacial score (nSPS) is 13.1. The Kier molecular flexibility index (Phi) is 3.23. The number of nitrogens with one attached hydrogen (secondary N) is 2. The SMILES string of the molecule is CCNCC(C)c1nc2nc(C)cc(=O)n2[nH]1. The van der Waals surface area contributed by atoms with Crippen LogP contribution in [0.3, 0.4) is 0 Å². The number of aromatic amines is 1. The van der Waals surface area contributed by atoms with Gasteiger partial charge in [0.2, 0.25) is 0 Å². The molecular weight excluding hydrogens is 218 g/mol. The number of hydrogen-bond donors (Lipinski definition) is 2. The van der Waals surface area contributed by atoms with Crippen molar-refractivity contribution in [3.05, 3.63) is 27.9 Å². The lowest BCUT2D eigenvalue weighted by Gasteiger charge is -2.07. The lowest BCUT2D eigenvalue weighted by molar-refractivity contribution is 0.607. The van der Waals surface area contributed by atoms with Gasteiger partial charge in [-0.1, -0.05) is 13.8 Å². The third-order valence-electron chi connectivity index (χ3n) is 2.64. The first-order valence-electron chi connectivity index (χ1n) is 5.79. The minimum atomic E-state index is -0.123. The van der Waals surface area contributed by atoms with E-state index in [-0.39, 0.29) is 11.5 Å². The summed E-state index contributed by atoms with van der Waals surface area (Å²) in [6, 6.07) is 1.49. The molecule has 0 aliphatic heterocycles. The maximum absolute atomic E-state index is 11.7. The summed E-state index contributed by atoms with van der Waals surface area (Å²) in [6.07, 6.45) is 0. The summed E-state index contributed by atoms with van der Waals surface area (Å²) in [5.74, 6) is 1.44. The molecule has 6 nitrogen and oxygen atoms in total. The van der Waals surface area contributed by atoms with Crippen LogP contribution in [0.2, 0.25) is 0 Å². The largest absolute Gasteiger partial charge is 0.316 e. The van der Waals surface area contributed by atoms with Crippen molar-refractivity contribution in [3.63, 3.8) is 0 Å². The van der Waals surface area contributed by atoms with Crippen LogP contribution in [0.4, 0.5) is 0 Å². The molecule has 0 amide bonds. The summed E-state index contributed by atoms with van der Waals surface area (Å²) in [5.41, 5.74) is 0.564. The first-order valence-corrected chi connectivity index (χ1v) is 5.79. The van der Waals surface area contributed by atoms with Gasteiger partial charge >= 0.3 is 0 Å². The first kappa shape index (κ1) is 11.8. The monoisotopic (exact) mass is 235 g/mol. The number of likely N-dealkylation sites (N-methyl/N-ethyl adjacent to an activating group) is 1. The molecule has 0 saturated heterocycles. The quantitative estimate of drug-likeness (QED) is 0.806. The summed E-state index contributed by atoms with van der Waals surface area (Å²) in [7, 11) is 0. The fraction of sp³-hybridized carbons (Fsp3) is 0.545. The Morgan fingerprint density at radius 3 is 3.00 bits per heavy atom. The molecule has 0 bridgehead atoms. The third kappa shape index (κ3) is 2.36. The van der Waals surface area contributed by atoms with Gasteiger partial charge in [0.1, 0.15) is 5.82 Å². The summed E-state index contributed by atoms with van der Waals surface area (Å²) in [5, 5.41) is 6.24. The molecule has 0 aromatic carbocycles. The van der Waals surface area contributed by atoms with Crippen molar-refractivity contribution in [2.45, 2.75) is 26.7 Å². The minimum Gasteiger partial charge on any atom is -0.316 e. The van der Waals surface area contributed by atoms with Crippen molar-refractivity contribution >= 4 is 5.78 Å². The van der Waals surface area contributed by atoms with E-state index in [1.165, 1.54) is 10.6 Å². The van der Waals surface area contributed by atoms with E-state index in [9.17, 15) is 4.79 Å². The van der Waals surface area contributed by atoms with Gasteiger partial charge in [-0.05, 0) is 13.5 Å². The zero-order valence-corrected chi connectivity index (χ0v) is 10.3. The van der Waals surface area contributed by atoms with Crippen molar-refractivity contribution in [1.29, 1.82) is 0 Å². The van der Waals surface area contributed by atoms with Crippen LogP contribution >= 0.6 is 0 Å². The summed E-state index contributed by atoms with van der Waals surface area (Å²) in [6.45, 7) is 7.64. The zero-order chi connectivity index (χ0) is 12.4. The fourth-order valence-electron chi connectivity index (χ4n) is 1.69. The van der Waals surface area contributed by atoms with Gasteiger partial charge in [-0.15, -0.1) is 0 Å². The number of aromatic nitrogens is 4. The molecule has 2 aromatic heterocycles. The Morgan fingerprint density at radius 1 is 1.53 bits per heavy atom. The van der Waals surface area contributed by atoms with Crippen LogP contribution in [0.25, 0.3) is 5.78 Å². The van der Waals surface area contributed by atoms with Crippen molar-refractivity contribution < 1.29 is 0 Å². The second-order valence-electron chi connectivity index (χ2n) is 4.19. The summed E-state index contributed by atoms with van der Waals surface area (Å²) >= 11 is 0. The molecular formula is C11H17N5O. The average molecular weight is 235 g/mol. The molecule has 0 aliphatic rings. The molecule has 6 heteroatoms. The Balaban J connectivity index is 2.37. The lowest BCUT2D eigenvalue weighted by atomic mass is 10.2. The van der Waals surface area contributed by atoms with Gasteiger partial charge in [0.25, 0.3) is 11.3 Å². The van der Waals surface area contributed by atoms with Gasteiger partial charge in [0, 0.05) is 24.2 Å². The molecule has 2 heterocycles. The molecule has 1 unspecified atom stereocenters. The zero-order valence-electron chi connectivity index (χ0n) is 10.3. The number of nitrogens with zero attached hydrogens (tertiary/aromatic N) is 3. The molecule has 2 rings (SSSR count). The average Bonchev–Trinajstić information content (AvgIpc) is 2.69. The van der Waals surface area contributed by atoms with Gasteiger partial charge in [-0.3, -0.25) is 9.89 Å². The van der Waals surface area contributed by atoms with Crippen LogP contribution in [0, 0.1) is 6.92 Å². The Labute approximate surface area is 99.1 Å². The molecule has 0 saturated carbocycles. The molecule has 2 aromatic rings. The Bertz CT molecular complexity index is 571. The van der Waals surface area contributed by atoms with Crippen molar-refractivity contribution in [2.24, 2.45) is 0 Å². The first-order chi connectivity index (χ1) is 8.11. The second-order valence-corrected chi connectivity index (χ2v) is 4.19. The number of hydrogen-bond acceptors (Lipinski definition) is 4. The highest BCUT2D eigenvalue weighted by atomic mass is 16.1. The van der Waals surface area contributed by atoms with E-state index in [2.05, 4.69) is 34.2 Å². The maximum Gasteiger partial charge on any atom is 0.274 e. The van der Waals surface area contributed by atoms with Crippen LogP contribution in [-0.2, 0) is 0 Å². The van der Waals surface area contributed by atoms with Crippen molar-refractivity contribution in [2.75, 3.05) is 13.1 Å². The molecule has 0 spiro atoms. The molecule has 0 fully saturated rings. The highest BCUT2D eigenvalue weighted by Crippen LogP contribution is 2.09. The van der Waals surface area contributed by atoms with Crippen LogP contribution in [0.5, 0.6) is 0 Å². The molecule has 1 atom stereocenters. The van der Waals surface area contributed by atoms with E-state index in [4.69, 9.17) is 0 Å². The highest BCUT2D eigenvalue weighted by molar-refractivity contribution is 5.28. The molecule has 2 N–H and O–H groups in total. The van der Waals surface area contributed by atoms with E-state index in [1.54, 1.807) is 6.92 Å². The summed E-state index contributed by atoms with van der Waals surface area (Å²) < 4.78 is 1.38. The second kappa shape index (κ2) is 4.67. The number of H-pyrrole nitrogens is 1.